The van der Waals surface area contributed by atoms with Crippen molar-refractivity contribution in [2.75, 3.05) is 12.0 Å². The van der Waals surface area contributed by atoms with Crippen LogP contribution < -0.4 is 5.73 Å². The molecule has 3 rings (SSSR count). The van der Waals surface area contributed by atoms with Crippen molar-refractivity contribution in [3.05, 3.63) is 35.4 Å². The first-order valence-electron chi connectivity index (χ1n) is 6.21. The van der Waals surface area contributed by atoms with Crippen molar-refractivity contribution in [2.45, 2.75) is 12.1 Å². The molecule has 0 saturated carbocycles. The molecule has 0 unspecified atom stereocenters. The number of nitrogens with zero attached hydrogens (tertiary/aromatic N) is 5. The normalized spacial score (nSPS) is 10.7. The van der Waals surface area contributed by atoms with E-state index in [4.69, 9.17) is 5.73 Å². The molecular formula is C14H12N6S. The molecule has 0 bridgehead atoms. The molecule has 2 aromatic heterocycles. The first kappa shape index (κ1) is 13.4. The molecule has 0 radical (unpaired) electrons. The lowest BCUT2D eigenvalue weighted by atomic mass is 10.1. The van der Waals surface area contributed by atoms with E-state index < -0.39 is 0 Å². The van der Waals surface area contributed by atoms with Crippen LogP contribution in [0.3, 0.4) is 0 Å². The zero-order chi connectivity index (χ0) is 15.0. The number of anilines is 1. The van der Waals surface area contributed by atoms with Crippen molar-refractivity contribution in [3.8, 4) is 17.3 Å². The standard InChI is InChI=1S/C14H12N6S/c1-8-3-5-9(6-4-8)11-10(7-15)12(16)17-13-18-14(21-2)19-20(11)13/h3-6H,1-2H3,(H2,16,17,18,19). The monoisotopic (exact) mass is 296 g/mol. The molecule has 0 fully saturated rings. The van der Waals surface area contributed by atoms with E-state index in [0.29, 0.717) is 22.2 Å². The van der Waals surface area contributed by atoms with Crippen LogP contribution in [-0.2, 0) is 0 Å². The minimum absolute atomic E-state index is 0.167. The number of hydrogen-bond acceptors (Lipinski definition) is 6. The van der Waals surface area contributed by atoms with Crippen LogP contribution in [0.4, 0.5) is 5.82 Å². The molecule has 6 nitrogen and oxygen atoms in total. The van der Waals surface area contributed by atoms with E-state index in [0.717, 1.165) is 11.1 Å². The smallest absolute Gasteiger partial charge is 0.255 e. The summed E-state index contributed by atoms with van der Waals surface area (Å²) < 4.78 is 1.57. The molecule has 1 aromatic carbocycles. The third kappa shape index (κ3) is 2.19. The van der Waals surface area contributed by atoms with Crippen LogP contribution in [0.5, 0.6) is 0 Å². The van der Waals surface area contributed by atoms with Gasteiger partial charge in [0.05, 0.1) is 5.69 Å². The van der Waals surface area contributed by atoms with Gasteiger partial charge in [0.25, 0.3) is 5.78 Å². The maximum atomic E-state index is 9.40. The van der Waals surface area contributed by atoms with Gasteiger partial charge in [-0.05, 0) is 13.2 Å². The highest BCUT2D eigenvalue weighted by molar-refractivity contribution is 7.98. The summed E-state index contributed by atoms with van der Waals surface area (Å²) in [6, 6.07) is 9.94. The summed E-state index contributed by atoms with van der Waals surface area (Å²) in [6.45, 7) is 2.01. The molecule has 0 spiro atoms. The van der Waals surface area contributed by atoms with Gasteiger partial charge in [-0.25, -0.2) is 0 Å². The van der Waals surface area contributed by atoms with Gasteiger partial charge >= 0.3 is 0 Å². The summed E-state index contributed by atoms with van der Waals surface area (Å²) in [7, 11) is 0. The minimum Gasteiger partial charge on any atom is -0.382 e. The highest BCUT2D eigenvalue weighted by Crippen LogP contribution is 2.27. The van der Waals surface area contributed by atoms with Crippen molar-refractivity contribution in [1.29, 1.82) is 5.26 Å². The molecule has 0 aliphatic heterocycles. The number of nitrogens with two attached hydrogens (primary N) is 1. The Morgan fingerprint density at radius 3 is 2.57 bits per heavy atom. The molecule has 0 saturated heterocycles. The van der Waals surface area contributed by atoms with Crippen molar-refractivity contribution < 1.29 is 0 Å². The predicted octanol–water partition coefficient (Wildman–Crippen LogP) is 2.28. The first-order valence-corrected chi connectivity index (χ1v) is 7.44. The van der Waals surface area contributed by atoms with E-state index in [-0.39, 0.29) is 5.82 Å². The average Bonchev–Trinajstić information content (AvgIpc) is 2.89. The number of hydrogen-bond donors (Lipinski definition) is 1. The molecule has 0 atom stereocenters. The van der Waals surface area contributed by atoms with Crippen LogP contribution in [-0.4, -0.2) is 25.8 Å². The Kier molecular flexibility index (Phi) is 3.23. The summed E-state index contributed by atoms with van der Waals surface area (Å²) in [6.07, 6.45) is 1.88. The quantitative estimate of drug-likeness (QED) is 0.729. The van der Waals surface area contributed by atoms with Crippen LogP contribution in [0.2, 0.25) is 0 Å². The molecule has 2 heterocycles. The summed E-state index contributed by atoms with van der Waals surface area (Å²) in [5, 5.41) is 14.4. The number of benzene rings is 1. The lowest BCUT2D eigenvalue weighted by Crippen LogP contribution is -2.05. The Labute approximate surface area is 125 Å². The Balaban J connectivity index is 2.39. The van der Waals surface area contributed by atoms with Gasteiger partial charge in [0.15, 0.2) is 0 Å². The van der Waals surface area contributed by atoms with Crippen LogP contribution in [0.15, 0.2) is 29.4 Å². The van der Waals surface area contributed by atoms with E-state index in [1.165, 1.54) is 11.8 Å². The van der Waals surface area contributed by atoms with Gasteiger partial charge in [-0.2, -0.15) is 19.7 Å². The Morgan fingerprint density at radius 2 is 1.95 bits per heavy atom. The van der Waals surface area contributed by atoms with E-state index >= 15 is 0 Å². The molecule has 7 heteroatoms. The highest BCUT2D eigenvalue weighted by atomic mass is 32.2. The number of nitrogen functional groups attached to an aromatic ring is 1. The Morgan fingerprint density at radius 1 is 1.24 bits per heavy atom. The molecule has 0 aliphatic carbocycles. The van der Waals surface area contributed by atoms with Crippen molar-refractivity contribution >= 4 is 23.4 Å². The summed E-state index contributed by atoms with van der Waals surface area (Å²) in [5.74, 6) is 0.562. The fraction of sp³-hybridized carbons (Fsp3) is 0.143. The summed E-state index contributed by atoms with van der Waals surface area (Å²) in [4.78, 5) is 8.44. The fourth-order valence-electron chi connectivity index (χ4n) is 2.07. The molecule has 21 heavy (non-hydrogen) atoms. The molecule has 0 aliphatic rings. The van der Waals surface area contributed by atoms with E-state index in [1.807, 2.05) is 37.4 Å². The second-order valence-corrected chi connectivity index (χ2v) is 5.28. The third-order valence-corrected chi connectivity index (χ3v) is 3.65. The minimum atomic E-state index is 0.167. The van der Waals surface area contributed by atoms with Gasteiger partial charge in [0, 0.05) is 5.56 Å². The Hall–Kier alpha value is -2.59. The largest absolute Gasteiger partial charge is 0.382 e. The van der Waals surface area contributed by atoms with E-state index in [1.54, 1.807) is 4.52 Å². The lowest BCUT2D eigenvalue weighted by Gasteiger charge is -2.08. The number of thioether (sulfide) groups is 1. The van der Waals surface area contributed by atoms with Gasteiger partial charge in [-0.3, -0.25) is 0 Å². The molecule has 2 N–H and O–H groups in total. The van der Waals surface area contributed by atoms with Gasteiger partial charge < -0.3 is 5.73 Å². The summed E-state index contributed by atoms with van der Waals surface area (Å²) in [5.41, 5.74) is 8.82. The number of aromatic nitrogens is 4. The average molecular weight is 296 g/mol. The SMILES string of the molecule is CSc1nc2nc(N)c(C#N)c(-c3ccc(C)cc3)n2n1. The fourth-order valence-corrected chi connectivity index (χ4v) is 2.41. The van der Waals surface area contributed by atoms with Crippen molar-refractivity contribution in [1.82, 2.24) is 19.6 Å². The van der Waals surface area contributed by atoms with E-state index in [9.17, 15) is 5.26 Å². The zero-order valence-corrected chi connectivity index (χ0v) is 12.3. The second kappa shape index (κ2) is 5.07. The molecule has 3 aromatic rings. The molecule has 0 amide bonds. The van der Waals surface area contributed by atoms with Crippen LogP contribution in [0.25, 0.3) is 17.0 Å². The van der Waals surface area contributed by atoms with Gasteiger partial charge in [-0.1, -0.05) is 41.6 Å². The number of aryl methyl sites for hydroxylation is 1. The molecular weight excluding hydrogens is 284 g/mol. The van der Waals surface area contributed by atoms with Crippen molar-refractivity contribution in [3.63, 3.8) is 0 Å². The van der Waals surface area contributed by atoms with Crippen LogP contribution in [0, 0.1) is 18.3 Å². The van der Waals surface area contributed by atoms with Gasteiger partial charge in [0.1, 0.15) is 17.5 Å². The highest BCUT2D eigenvalue weighted by Gasteiger charge is 2.18. The second-order valence-electron chi connectivity index (χ2n) is 4.51. The maximum Gasteiger partial charge on any atom is 0.255 e. The van der Waals surface area contributed by atoms with Crippen LogP contribution >= 0.6 is 11.8 Å². The lowest BCUT2D eigenvalue weighted by molar-refractivity contribution is 0.886. The van der Waals surface area contributed by atoms with Gasteiger partial charge in [-0.15, -0.1) is 5.10 Å². The van der Waals surface area contributed by atoms with E-state index in [2.05, 4.69) is 21.1 Å². The predicted molar refractivity (Wildman–Crippen MR) is 81.9 cm³/mol. The number of rotatable bonds is 2. The molecule has 104 valence electrons. The zero-order valence-electron chi connectivity index (χ0n) is 11.5. The van der Waals surface area contributed by atoms with Crippen LogP contribution in [0.1, 0.15) is 11.1 Å². The van der Waals surface area contributed by atoms with Gasteiger partial charge in [0.2, 0.25) is 5.16 Å². The first-order chi connectivity index (χ1) is 10.1. The maximum absolute atomic E-state index is 9.40. The Bertz CT molecular complexity index is 860. The van der Waals surface area contributed by atoms with Crippen molar-refractivity contribution in [2.24, 2.45) is 0 Å². The summed E-state index contributed by atoms with van der Waals surface area (Å²) >= 11 is 1.41. The number of nitriles is 1. The third-order valence-electron chi connectivity index (χ3n) is 3.12. The number of fused-ring (bicyclic) bond motifs is 1. The topological polar surface area (TPSA) is 92.9 Å².